The number of halogens is 1. The molecule has 1 aliphatic rings. The van der Waals surface area contributed by atoms with E-state index in [9.17, 15) is 9.18 Å². The molecule has 1 aliphatic heterocycles. The average Bonchev–Trinajstić information content (AvgIpc) is 3.12. The lowest BCUT2D eigenvalue weighted by Gasteiger charge is -2.26. The maximum absolute atomic E-state index is 13.9. The molecule has 138 valence electrons. The Balaban J connectivity index is 1.54. The van der Waals surface area contributed by atoms with Crippen LogP contribution in [-0.4, -0.2) is 28.9 Å². The van der Waals surface area contributed by atoms with E-state index in [2.05, 4.69) is 0 Å². The van der Waals surface area contributed by atoms with Crippen LogP contribution in [0.5, 0.6) is 5.75 Å². The predicted molar refractivity (Wildman–Crippen MR) is 104 cm³/mol. The van der Waals surface area contributed by atoms with Crippen molar-refractivity contribution in [3.05, 3.63) is 70.5 Å². The van der Waals surface area contributed by atoms with Crippen molar-refractivity contribution in [3.63, 3.8) is 0 Å². The van der Waals surface area contributed by atoms with E-state index in [1.165, 1.54) is 12.1 Å². The zero-order valence-electron chi connectivity index (χ0n) is 14.9. The standard InChI is InChI=1S/C21H19FN2O2S/c1-2-26-15-9-7-14(8-10-15)20-23-18-11-12-24(13-19(18)27-20)21(25)16-5-3-4-6-17(16)22/h3-10H,2,11-13H2,1H3. The van der Waals surface area contributed by atoms with E-state index in [1.54, 1.807) is 28.4 Å². The number of carbonyl (C=O) groups excluding carboxylic acids is 1. The molecule has 1 aromatic heterocycles. The highest BCUT2D eigenvalue weighted by Crippen LogP contribution is 2.33. The predicted octanol–water partition coefficient (Wildman–Crippen LogP) is 4.55. The minimum Gasteiger partial charge on any atom is -0.494 e. The van der Waals surface area contributed by atoms with E-state index in [-0.39, 0.29) is 11.5 Å². The lowest BCUT2D eigenvalue weighted by atomic mass is 10.1. The highest BCUT2D eigenvalue weighted by Gasteiger charge is 2.26. The second-order valence-corrected chi connectivity index (χ2v) is 7.39. The van der Waals surface area contributed by atoms with Crippen molar-refractivity contribution in [1.29, 1.82) is 0 Å². The number of rotatable bonds is 4. The van der Waals surface area contributed by atoms with Gasteiger partial charge in [-0.15, -0.1) is 11.3 Å². The topological polar surface area (TPSA) is 42.4 Å². The molecule has 4 rings (SSSR count). The smallest absolute Gasteiger partial charge is 0.257 e. The van der Waals surface area contributed by atoms with Gasteiger partial charge in [0.2, 0.25) is 0 Å². The molecule has 0 saturated heterocycles. The molecule has 0 aliphatic carbocycles. The van der Waals surface area contributed by atoms with Crippen molar-refractivity contribution in [1.82, 2.24) is 9.88 Å². The largest absolute Gasteiger partial charge is 0.494 e. The molecule has 1 amide bonds. The quantitative estimate of drug-likeness (QED) is 0.665. The number of carbonyl (C=O) groups is 1. The normalized spacial score (nSPS) is 13.3. The van der Waals surface area contributed by atoms with E-state index >= 15 is 0 Å². The van der Waals surface area contributed by atoms with Crippen LogP contribution in [0.4, 0.5) is 4.39 Å². The van der Waals surface area contributed by atoms with Gasteiger partial charge >= 0.3 is 0 Å². The summed E-state index contributed by atoms with van der Waals surface area (Å²) < 4.78 is 19.4. The van der Waals surface area contributed by atoms with E-state index in [4.69, 9.17) is 9.72 Å². The SMILES string of the molecule is CCOc1ccc(-c2nc3c(s2)CN(C(=O)c2ccccc2F)CC3)cc1. The van der Waals surface area contributed by atoms with Crippen LogP contribution in [0.2, 0.25) is 0 Å². The second-order valence-electron chi connectivity index (χ2n) is 6.30. The Morgan fingerprint density at radius 2 is 2.00 bits per heavy atom. The Morgan fingerprint density at radius 3 is 2.74 bits per heavy atom. The molecule has 0 N–H and O–H groups in total. The van der Waals surface area contributed by atoms with Crippen LogP contribution in [0.3, 0.4) is 0 Å². The zero-order chi connectivity index (χ0) is 18.8. The van der Waals surface area contributed by atoms with Crippen molar-refractivity contribution >= 4 is 17.2 Å². The van der Waals surface area contributed by atoms with Crippen molar-refractivity contribution in [2.45, 2.75) is 19.9 Å². The summed E-state index contributed by atoms with van der Waals surface area (Å²) >= 11 is 1.59. The third-order valence-corrected chi connectivity index (χ3v) is 5.67. The van der Waals surface area contributed by atoms with Crippen molar-refractivity contribution in [2.24, 2.45) is 0 Å². The molecule has 2 aromatic carbocycles. The number of fused-ring (bicyclic) bond motifs is 1. The van der Waals surface area contributed by atoms with Gasteiger partial charge in [-0.3, -0.25) is 4.79 Å². The summed E-state index contributed by atoms with van der Waals surface area (Å²) in [5.74, 6) is 0.0895. The number of ether oxygens (including phenoxy) is 1. The molecular weight excluding hydrogens is 363 g/mol. The number of aromatic nitrogens is 1. The Hall–Kier alpha value is -2.73. The van der Waals surface area contributed by atoms with Gasteiger partial charge in [-0.1, -0.05) is 12.1 Å². The Kier molecular flexibility index (Phi) is 4.90. The first-order chi connectivity index (χ1) is 13.2. The van der Waals surface area contributed by atoms with Gasteiger partial charge in [-0.25, -0.2) is 9.37 Å². The van der Waals surface area contributed by atoms with Crippen LogP contribution in [0.15, 0.2) is 48.5 Å². The van der Waals surface area contributed by atoms with Crippen molar-refractivity contribution in [3.8, 4) is 16.3 Å². The summed E-state index contributed by atoms with van der Waals surface area (Å²) in [6, 6.07) is 14.0. The van der Waals surface area contributed by atoms with Crippen molar-refractivity contribution < 1.29 is 13.9 Å². The average molecular weight is 382 g/mol. The first-order valence-electron chi connectivity index (χ1n) is 8.91. The molecule has 4 nitrogen and oxygen atoms in total. The number of nitrogens with zero attached hydrogens (tertiary/aromatic N) is 2. The molecule has 6 heteroatoms. The number of hydrogen-bond acceptors (Lipinski definition) is 4. The summed E-state index contributed by atoms with van der Waals surface area (Å²) in [4.78, 5) is 20.2. The van der Waals surface area contributed by atoms with Gasteiger partial charge in [-0.05, 0) is 43.3 Å². The molecule has 0 fully saturated rings. The first-order valence-corrected chi connectivity index (χ1v) is 9.73. The molecule has 2 heterocycles. The summed E-state index contributed by atoms with van der Waals surface area (Å²) in [5.41, 5.74) is 2.18. The molecule has 0 bridgehead atoms. The molecule has 27 heavy (non-hydrogen) atoms. The summed E-state index contributed by atoms with van der Waals surface area (Å²) in [6.07, 6.45) is 0.684. The highest BCUT2D eigenvalue weighted by molar-refractivity contribution is 7.15. The highest BCUT2D eigenvalue weighted by atomic mass is 32.1. The zero-order valence-corrected chi connectivity index (χ0v) is 15.8. The first kappa shape index (κ1) is 17.7. The summed E-state index contributed by atoms with van der Waals surface area (Å²) in [6.45, 7) is 3.61. The van der Waals surface area contributed by atoms with Crippen LogP contribution in [-0.2, 0) is 13.0 Å². The van der Waals surface area contributed by atoms with Crippen LogP contribution >= 0.6 is 11.3 Å². The van der Waals surface area contributed by atoms with E-state index in [0.29, 0.717) is 26.1 Å². The molecule has 3 aromatic rings. The number of amides is 1. The fourth-order valence-corrected chi connectivity index (χ4v) is 4.29. The summed E-state index contributed by atoms with van der Waals surface area (Å²) in [5, 5.41) is 0.934. The Morgan fingerprint density at radius 1 is 1.22 bits per heavy atom. The van der Waals surface area contributed by atoms with Gasteiger partial charge in [-0.2, -0.15) is 0 Å². The molecule has 0 spiro atoms. The maximum atomic E-state index is 13.9. The number of thiazole rings is 1. The molecular formula is C21H19FN2O2S. The van der Waals surface area contributed by atoms with Gasteiger partial charge < -0.3 is 9.64 Å². The summed E-state index contributed by atoms with van der Waals surface area (Å²) in [7, 11) is 0. The van der Waals surface area contributed by atoms with E-state index in [1.807, 2.05) is 31.2 Å². The van der Waals surface area contributed by atoms with Gasteiger partial charge in [0.15, 0.2) is 0 Å². The van der Waals surface area contributed by atoms with Gasteiger partial charge in [0.1, 0.15) is 16.6 Å². The van der Waals surface area contributed by atoms with Crippen LogP contribution in [0.25, 0.3) is 10.6 Å². The molecule has 0 saturated carbocycles. The van der Waals surface area contributed by atoms with Crippen LogP contribution in [0, 0.1) is 5.82 Å². The third-order valence-electron chi connectivity index (χ3n) is 4.53. The third kappa shape index (κ3) is 3.57. The van der Waals surface area contributed by atoms with Crippen molar-refractivity contribution in [2.75, 3.05) is 13.2 Å². The molecule has 0 radical (unpaired) electrons. The van der Waals surface area contributed by atoms with Gasteiger partial charge in [0.25, 0.3) is 5.91 Å². The minimum absolute atomic E-state index is 0.122. The lowest BCUT2D eigenvalue weighted by molar-refractivity contribution is 0.0731. The minimum atomic E-state index is -0.479. The fraction of sp³-hybridized carbons (Fsp3) is 0.238. The second kappa shape index (κ2) is 7.48. The lowest BCUT2D eigenvalue weighted by Crippen LogP contribution is -2.35. The maximum Gasteiger partial charge on any atom is 0.257 e. The Bertz CT molecular complexity index is 969. The van der Waals surface area contributed by atoms with Gasteiger partial charge in [0.05, 0.1) is 24.4 Å². The Labute approximate surface area is 161 Å². The van der Waals surface area contributed by atoms with E-state index in [0.717, 1.165) is 26.9 Å². The monoisotopic (exact) mass is 382 g/mol. The van der Waals surface area contributed by atoms with E-state index < -0.39 is 5.82 Å². The number of benzene rings is 2. The fourth-order valence-electron chi connectivity index (χ4n) is 3.16. The van der Waals surface area contributed by atoms with Gasteiger partial charge in [0, 0.05) is 23.4 Å². The molecule has 0 atom stereocenters. The number of hydrogen-bond donors (Lipinski definition) is 0. The van der Waals surface area contributed by atoms with Crippen LogP contribution < -0.4 is 4.74 Å². The molecule has 0 unspecified atom stereocenters. The van der Waals surface area contributed by atoms with Crippen LogP contribution in [0.1, 0.15) is 27.9 Å².